The first-order chi connectivity index (χ1) is 10.3. The van der Waals surface area contributed by atoms with Crippen LogP contribution < -0.4 is 5.32 Å². The van der Waals surface area contributed by atoms with Crippen molar-refractivity contribution in [3.8, 4) is 0 Å². The first-order valence-electron chi connectivity index (χ1n) is 7.47. The Bertz CT molecular complexity index is 526. The van der Waals surface area contributed by atoms with Gasteiger partial charge in [0.05, 0.1) is 0 Å². The van der Waals surface area contributed by atoms with Crippen molar-refractivity contribution in [2.75, 3.05) is 20.1 Å². The van der Waals surface area contributed by atoms with Crippen molar-refractivity contribution in [1.29, 1.82) is 0 Å². The van der Waals surface area contributed by atoms with Gasteiger partial charge in [0.15, 0.2) is 11.6 Å². The fourth-order valence-corrected chi connectivity index (χ4v) is 2.31. The second-order valence-corrected chi connectivity index (χ2v) is 5.54. The Morgan fingerprint density at radius 1 is 1.14 bits per heavy atom. The number of benzene rings is 1. The number of amides is 1. The van der Waals surface area contributed by atoms with E-state index in [2.05, 4.69) is 10.2 Å². The summed E-state index contributed by atoms with van der Waals surface area (Å²) in [6.07, 6.45) is 1.35. The van der Waals surface area contributed by atoms with E-state index in [-0.39, 0.29) is 0 Å². The molecule has 3 nitrogen and oxygen atoms in total. The lowest BCUT2D eigenvalue weighted by Crippen LogP contribution is -2.52. The van der Waals surface area contributed by atoms with Gasteiger partial charge in [-0.1, -0.05) is 13.8 Å². The maximum atomic E-state index is 13.6. The molecule has 1 heterocycles. The molecule has 1 aromatic rings. The zero-order chi connectivity index (χ0) is 16.9. The molecule has 22 heavy (non-hydrogen) atoms. The van der Waals surface area contributed by atoms with Gasteiger partial charge < -0.3 is 10.2 Å². The van der Waals surface area contributed by atoms with Gasteiger partial charge >= 0.3 is 0 Å². The number of carbonyl (C=O) groups excluding carboxylic acids is 1. The average Bonchev–Trinajstić information content (AvgIpc) is 2.49. The quantitative estimate of drug-likeness (QED) is 0.849. The third-order valence-electron chi connectivity index (χ3n) is 3.78. The molecule has 1 amide bonds. The van der Waals surface area contributed by atoms with E-state index in [1.54, 1.807) is 0 Å². The average molecular weight is 316 g/mol. The van der Waals surface area contributed by atoms with Gasteiger partial charge in [-0.25, -0.2) is 13.2 Å². The van der Waals surface area contributed by atoms with E-state index in [0.717, 1.165) is 19.2 Å². The Labute approximate surface area is 129 Å². The molecule has 1 N–H and O–H groups in total. The third kappa shape index (κ3) is 4.22. The van der Waals surface area contributed by atoms with Gasteiger partial charge in [-0.15, -0.1) is 0 Å². The molecule has 0 bridgehead atoms. The Kier molecular flexibility index (Phi) is 6.41. The molecule has 0 saturated carbocycles. The topological polar surface area (TPSA) is 32.3 Å². The van der Waals surface area contributed by atoms with E-state index in [4.69, 9.17) is 0 Å². The largest absolute Gasteiger partial charge is 0.347 e. The van der Waals surface area contributed by atoms with Gasteiger partial charge in [-0.2, -0.15) is 0 Å². The second kappa shape index (κ2) is 7.63. The van der Waals surface area contributed by atoms with Crippen molar-refractivity contribution < 1.29 is 18.0 Å². The van der Waals surface area contributed by atoms with Crippen molar-refractivity contribution in [3.63, 3.8) is 0 Å². The summed E-state index contributed by atoms with van der Waals surface area (Å²) < 4.78 is 40.2. The van der Waals surface area contributed by atoms with E-state index in [1.807, 2.05) is 27.8 Å². The molecule has 0 atom stereocenters. The highest BCUT2D eigenvalue weighted by atomic mass is 19.2. The van der Waals surface area contributed by atoms with Crippen LogP contribution in [-0.2, 0) is 0 Å². The predicted octanol–water partition coefficient (Wildman–Crippen LogP) is 3.34. The fourth-order valence-electron chi connectivity index (χ4n) is 2.31. The highest BCUT2D eigenvalue weighted by molar-refractivity contribution is 5.95. The highest BCUT2D eigenvalue weighted by Crippen LogP contribution is 2.23. The summed E-state index contributed by atoms with van der Waals surface area (Å²) in [6, 6.07) is 1.42. The van der Waals surface area contributed by atoms with Crippen LogP contribution in [0.5, 0.6) is 0 Å². The summed E-state index contributed by atoms with van der Waals surface area (Å²) in [5.74, 6) is -4.64. The third-order valence-corrected chi connectivity index (χ3v) is 3.78. The Morgan fingerprint density at radius 2 is 1.64 bits per heavy atom. The van der Waals surface area contributed by atoms with Crippen LogP contribution >= 0.6 is 0 Å². The lowest BCUT2D eigenvalue weighted by molar-refractivity contribution is 0.0842. The summed E-state index contributed by atoms with van der Waals surface area (Å²) in [7, 11) is 1.97. The summed E-state index contributed by atoms with van der Waals surface area (Å²) >= 11 is 0. The first-order valence-corrected chi connectivity index (χ1v) is 7.47. The molecule has 1 saturated heterocycles. The second-order valence-electron chi connectivity index (χ2n) is 5.54. The van der Waals surface area contributed by atoms with E-state index >= 15 is 0 Å². The SMILES string of the molecule is CC.CN1CCC(C)(NC(=O)c2c(F)ccc(F)c2F)CC1. The highest BCUT2D eigenvalue weighted by Gasteiger charge is 2.32. The van der Waals surface area contributed by atoms with Crippen LogP contribution in [-0.4, -0.2) is 36.5 Å². The van der Waals surface area contributed by atoms with Crippen LogP contribution in [0, 0.1) is 17.5 Å². The number of halogens is 3. The number of hydrogen-bond acceptors (Lipinski definition) is 2. The minimum atomic E-state index is -1.45. The summed E-state index contributed by atoms with van der Waals surface area (Å²) in [6.45, 7) is 7.39. The van der Waals surface area contributed by atoms with Crippen LogP contribution in [0.2, 0.25) is 0 Å². The predicted molar refractivity (Wildman–Crippen MR) is 80.3 cm³/mol. The van der Waals surface area contributed by atoms with Crippen molar-refractivity contribution in [1.82, 2.24) is 10.2 Å². The van der Waals surface area contributed by atoms with E-state index in [1.165, 1.54) is 0 Å². The van der Waals surface area contributed by atoms with Gasteiger partial charge in [0, 0.05) is 18.6 Å². The summed E-state index contributed by atoms with van der Waals surface area (Å²) in [5, 5.41) is 2.63. The Balaban J connectivity index is 0.00000116. The molecule has 1 fully saturated rings. The molecule has 0 aliphatic carbocycles. The first kappa shape index (κ1) is 18.5. The summed E-state index contributed by atoms with van der Waals surface area (Å²) in [4.78, 5) is 14.1. The fraction of sp³-hybridized carbons (Fsp3) is 0.562. The van der Waals surface area contributed by atoms with Crippen LogP contribution in [0.4, 0.5) is 13.2 Å². The molecule has 2 rings (SSSR count). The van der Waals surface area contributed by atoms with Crippen LogP contribution in [0.3, 0.4) is 0 Å². The molecule has 0 unspecified atom stereocenters. The minimum Gasteiger partial charge on any atom is -0.347 e. The lowest BCUT2D eigenvalue weighted by atomic mass is 9.89. The van der Waals surface area contributed by atoms with E-state index in [0.29, 0.717) is 18.9 Å². The van der Waals surface area contributed by atoms with Crippen molar-refractivity contribution in [2.45, 2.75) is 39.2 Å². The molecule has 0 radical (unpaired) electrons. The molecular weight excluding hydrogens is 293 g/mol. The van der Waals surface area contributed by atoms with Gasteiger partial charge in [-0.05, 0) is 38.9 Å². The van der Waals surface area contributed by atoms with E-state index < -0.39 is 34.5 Å². The lowest BCUT2D eigenvalue weighted by Gasteiger charge is -2.38. The maximum absolute atomic E-state index is 13.6. The smallest absolute Gasteiger partial charge is 0.257 e. The Morgan fingerprint density at radius 3 is 2.18 bits per heavy atom. The zero-order valence-electron chi connectivity index (χ0n) is 13.5. The number of rotatable bonds is 2. The number of likely N-dealkylation sites (tertiary alicyclic amines) is 1. The molecule has 124 valence electrons. The van der Waals surface area contributed by atoms with Crippen LogP contribution in [0.15, 0.2) is 12.1 Å². The van der Waals surface area contributed by atoms with Crippen LogP contribution in [0.25, 0.3) is 0 Å². The van der Waals surface area contributed by atoms with E-state index in [9.17, 15) is 18.0 Å². The monoisotopic (exact) mass is 316 g/mol. The standard InChI is InChI=1S/C14H17F3N2O.C2H6/c1-14(5-7-19(2)8-6-14)18-13(20)11-9(15)3-4-10(16)12(11)17;1-2/h3-4H,5-8H2,1-2H3,(H,18,20);1-2H3. The number of piperidine rings is 1. The normalized spacial score (nSPS) is 17.4. The van der Waals surface area contributed by atoms with Gasteiger partial charge in [0.2, 0.25) is 0 Å². The molecule has 0 aromatic heterocycles. The number of nitrogens with one attached hydrogen (secondary N) is 1. The van der Waals surface area contributed by atoms with Gasteiger partial charge in [-0.3, -0.25) is 4.79 Å². The number of hydrogen-bond donors (Lipinski definition) is 1. The molecule has 1 aromatic carbocycles. The molecule has 1 aliphatic heterocycles. The molecule has 1 aliphatic rings. The number of nitrogens with zero attached hydrogens (tertiary/aromatic N) is 1. The summed E-state index contributed by atoms with van der Waals surface area (Å²) in [5.41, 5.74) is -1.39. The Hall–Kier alpha value is -1.56. The zero-order valence-corrected chi connectivity index (χ0v) is 13.5. The molecule has 0 spiro atoms. The van der Waals surface area contributed by atoms with Crippen LogP contribution in [0.1, 0.15) is 44.0 Å². The number of carbonyl (C=O) groups is 1. The van der Waals surface area contributed by atoms with Crippen molar-refractivity contribution >= 4 is 5.91 Å². The van der Waals surface area contributed by atoms with Gasteiger partial charge in [0.25, 0.3) is 5.91 Å². The molecular formula is C16H23F3N2O. The van der Waals surface area contributed by atoms with Gasteiger partial charge in [0.1, 0.15) is 11.4 Å². The minimum absolute atomic E-state index is 0.533. The maximum Gasteiger partial charge on any atom is 0.257 e. The molecule has 6 heteroatoms. The van der Waals surface area contributed by atoms with Crippen molar-refractivity contribution in [2.24, 2.45) is 0 Å². The van der Waals surface area contributed by atoms with Crippen molar-refractivity contribution in [3.05, 3.63) is 35.1 Å².